The van der Waals surface area contributed by atoms with E-state index in [1.54, 1.807) is 12.1 Å². The summed E-state index contributed by atoms with van der Waals surface area (Å²) in [6.45, 7) is -0.115. The second-order valence-electron chi connectivity index (χ2n) is 8.70. The van der Waals surface area contributed by atoms with E-state index in [2.05, 4.69) is 9.71 Å². The second kappa shape index (κ2) is 9.93. The van der Waals surface area contributed by atoms with Crippen molar-refractivity contribution in [2.75, 3.05) is 17.8 Å². The van der Waals surface area contributed by atoms with E-state index < -0.39 is 45.1 Å². The Balaban J connectivity index is 1.44. The van der Waals surface area contributed by atoms with Crippen molar-refractivity contribution in [1.82, 2.24) is 13.9 Å². The zero-order valence-corrected chi connectivity index (χ0v) is 21.4. The van der Waals surface area contributed by atoms with Gasteiger partial charge in [-0.1, -0.05) is 23.7 Å². The van der Waals surface area contributed by atoms with Crippen LogP contribution in [-0.2, 0) is 17.3 Å². The van der Waals surface area contributed by atoms with Crippen LogP contribution in [0.2, 0.25) is 5.02 Å². The first-order valence-corrected chi connectivity index (χ1v) is 13.2. The lowest BCUT2D eigenvalue weighted by molar-refractivity contribution is 0.343. The molecule has 1 atom stereocenters. The molecule has 0 radical (unpaired) electrons. The summed E-state index contributed by atoms with van der Waals surface area (Å²) in [5.41, 5.74) is 0.534. The van der Waals surface area contributed by atoms with Gasteiger partial charge in [-0.15, -0.1) is 0 Å². The first-order chi connectivity index (χ1) is 18.0. The number of anilines is 1. The number of rotatable bonds is 6. The van der Waals surface area contributed by atoms with Gasteiger partial charge in [0.1, 0.15) is 11.6 Å². The van der Waals surface area contributed by atoms with Gasteiger partial charge in [-0.2, -0.15) is 12.7 Å². The molecule has 4 aromatic rings. The van der Waals surface area contributed by atoms with Gasteiger partial charge in [-0.05, 0) is 48.4 Å². The number of aromatic nitrogens is 2. The predicted octanol–water partition coefficient (Wildman–Crippen LogP) is 5.02. The highest BCUT2D eigenvalue weighted by Crippen LogP contribution is 2.41. The summed E-state index contributed by atoms with van der Waals surface area (Å²) in [5.74, 6) is -2.74. The zero-order chi connectivity index (χ0) is 27.2. The molecule has 198 valence electrons. The molecule has 2 heterocycles. The highest BCUT2D eigenvalue weighted by molar-refractivity contribution is 7.90. The minimum atomic E-state index is -3.92. The Morgan fingerprint density at radius 1 is 1.11 bits per heavy atom. The van der Waals surface area contributed by atoms with Crippen LogP contribution in [0.15, 0.2) is 59.7 Å². The second-order valence-corrected chi connectivity index (χ2v) is 10.7. The molecule has 8 nitrogen and oxygen atoms in total. The monoisotopic (exact) mass is 564 g/mol. The molecule has 38 heavy (non-hydrogen) atoms. The Kier molecular flexibility index (Phi) is 6.80. The van der Waals surface area contributed by atoms with Crippen molar-refractivity contribution in [3.8, 4) is 22.6 Å². The molecule has 0 amide bonds. The van der Waals surface area contributed by atoms with Gasteiger partial charge in [-0.25, -0.2) is 18.2 Å². The molecular formula is C25H20ClF3N4O4S. The first kappa shape index (κ1) is 26.0. The quantitative estimate of drug-likeness (QED) is 0.355. The van der Waals surface area contributed by atoms with Gasteiger partial charge in [0.15, 0.2) is 23.1 Å². The molecule has 1 aliphatic rings. The number of hydrogen-bond acceptors (Lipinski definition) is 5. The summed E-state index contributed by atoms with van der Waals surface area (Å²) in [5, 5.41) is -0.475. The molecule has 1 aromatic heterocycles. The fourth-order valence-corrected chi connectivity index (χ4v) is 5.68. The van der Waals surface area contributed by atoms with E-state index in [9.17, 15) is 22.0 Å². The Hall–Kier alpha value is -3.61. The first-order valence-electron chi connectivity index (χ1n) is 11.4. The molecule has 5 rings (SSSR count). The molecule has 1 aliphatic heterocycles. The molecule has 3 aromatic carbocycles. The lowest BCUT2D eigenvalue weighted by Crippen LogP contribution is -2.34. The highest BCUT2D eigenvalue weighted by Gasteiger charge is 2.31. The van der Waals surface area contributed by atoms with E-state index >= 15 is 4.39 Å². The summed E-state index contributed by atoms with van der Waals surface area (Å²) in [6.07, 6.45) is 0.201. The number of benzene rings is 3. The largest absolute Gasteiger partial charge is 0.450 e. The zero-order valence-electron chi connectivity index (χ0n) is 19.8. The number of ether oxygens (including phenoxy) is 1. The third-order valence-electron chi connectivity index (χ3n) is 6.13. The van der Waals surface area contributed by atoms with Crippen LogP contribution < -0.4 is 15.0 Å². The molecule has 1 N–H and O–H groups in total. The standard InChI is InChI=1S/C25H20ClF3N4O4S/c1-32-13-30-19-8-9-20(23(29)21(19)25(32)34)37-24-18(28)7-6-17(22(24)26)14-2-4-16(5-3-14)31-38(35,36)33-11-10-15(27)12-33/h2-9,13,15,31H,10-12H2,1H3/t15-/m1/s1. The van der Waals surface area contributed by atoms with E-state index in [4.69, 9.17) is 16.3 Å². The van der Waals surface area contributed by atoms with Gasteiger partial charge in [0, 0.05) is 31.4 Å². The Morgan fingerprint density at radius 3 is 2.53 bits per heavy atom. The molecule has 0 spiro atoms. The predicted molar refractivity (Wildman–Crippen MR) is 137 cm³/mol. The van der Waals surface area contributed by atoms with Gasteiger partial charge in [-0.3, -0.25) is 9.52 Å². The van der Waals surface area contributed by atoms with E-state index in [-0.39, 0.29) is 41.1 Å². The highest BCUT2D eigenvalue weighted by atomic mass is 35.5. The molecule has 1 fully saturated rings. The smallest absolute Gasteiger partial charge is 0.301 e. The molecule has 0 unspecified atom stereocenters. The minimum Gasteiger partial charge on any atom is -0.450 e. The van der Waals surface area contributed by atoms with Crippen molar-refractivity contribution in [2.45, 2.75) is 12.6 Å². The maximum absolute atomic E-state index is 15.2. The normalized spacial score (nSPS) is 16.2. The third-order valence-corrected chi connectivity index (χ3v) is 8.01. The molecule has 0 saturated carbocycles. The topological polar surface area (TPSA) is 93.5 Å². The number of aryl methyl sites for hydroxylation is 1. The summed E-state index contributed by atoms with van der Waals surface area (Å²) in [7, 11) is -2.50. The summed E-state index contributed by atoms with van der Waals surface area (Å²) >= 11 is 6.45. The summed E-state index contributed by atoms with van der Waals surface area (Å²) in [4.78, 5) is 16.4. The minimum absolute atomic E-state index is 0.0887. The van der Waals surface area contributed by atoms with Crippen LogP contribution in [0.1, 0.15) is 6.42 Å². The summed E-state index contributed by atoms with van der Waals surface area (Å²) in [6, 6.07) is 11.1. The molecular weight excluding hydrogens is 545 g/mol. The molecule has 13 heteroatoms. The van der Waals surface area contributed by atoms with Gasteiger partial charge >= 0.3 is 10.2 Å². The number of fused-ring (bicyclic) bond motifs is 1. The van der Waals surface area contributed by atoms with Crippen LogP contribution in [-0.4, -0.2) is 41.5 Å². The third kappa shape index (κ3) is 4.82. The number of hydrogen-bond donors (Lipinski definition) is 1. The number of alkyl halides is 1. The lowest BCUT2D eigenvalue weighted by Gasteiger charge is -2.17. The average Bonchev–Trinajstić information content (AvgIpc) is 3.33. The summed E-state index contributed by atoms with van der Waals surface area (Å²) < 4.78 is 78.3. The Labute approximate surface area is 220 Å². The maximum Gasteiger partial charge on any atom is 0.301 e. The fraction of sp³-hybridized carbons (Fsp3) is 0.200. The van der Waals surface area contributed by atoms with Crippen molar-refractivity contribution < 1.29 is 26.3 Å². The van der Waals surface area contributed by atoms with Crippen LogP contribution in [0.4, 0.5) is 18.9 Å². The van der Waals surface area contributed by atoms with Crippen LogP contribution in [0.3, 0.4) is 0 Å². The number of nitrogens with one attached hydrogen (secondary N) is 1. The average molecular weight is 565 g/mol. The van der Waals surface area contributed by atoms with Gasteiger partial charge in [0.05, 0.1) is 16.9 Å². The SMILES string of the molecule is Cn1cnc2ccc(Oc3c(F)ccc(-c4ccc(NS(=O)(=O)N5CC[C@@H](F)C5)cc4)c3Cl)c(F)c2c1=O. The van der Waals surface area contributed by atoms with Crippen molar-refractivity contribution in [2.24, 2.45) is 7.05 Å². The van der Waals surface area contributed by atoms with Crippen molar-refractivity contribution >= 4 is 38.4 Å². The van der Waals surface area contributed by atoms with E-state index in [1.807, 2.05) is 0 Å². The van der Waals surface area contributed by atoms with Crippen LogP contribution in [0.25, 0.3) is 22.0 Å². The maximum atomic E-state index is 15.2. The Bertz CT molecular complexity index is 1720. The van der Waals surface area contributed by atoms with E-state index in [0.29, 0.717) is 11.1 Å². The number of halogens is 4. The van der Waals surface area contributed by atoms with Crippen molar-refractivity contribution in [1.29, 1.82) is 0 Å². The van der Waals surface area contributed by atoms with Crippen LogP contribution in [0.5, 0.6) is 11.5 Å². The Morgan fingerprint density at radius 2 is 1.84 bits per heavy atom. The van der Waals surface area contributed by atoms with Gasteiger partial charge < -0.3 is 9.30 Å². The van der Waals surface area contributed by atoms with E-state index in [1.165, 1.54) is 43.7 Å². The fourth-order valence-electron chi connectivity index (χ4n) is 4.11. The van der Waals surface area contributed by atoms with E-state index in [0.717, 1.165) is 14.9 Å². The van der Waals surface area contributed by atoms with Gasteiger partial charge in [0.2, 0.25) is 0 Å². The van der Waals surface area contributed by atoms with Crippen LogP contribution >= 0.6 is 11.6 Å². The van der Waals surface area contributed by atoms with Crippen LogP contribution in [0, 0.1) is 11.6 Å². The number of nitrogens with zero attached hydrogens (tertiary/aromatic N) is 3. The lowest BCUT2D eigenvalue weighted by atomic mass is 10.0. The molecule has 0 aliphatic carbocycles. The van der Waals surface area contributed by atoms with Crippen molar-refractivity contribution in [3.63, 3.8) is 0 Å². The molecule has 0 bridgehead atoms. The van der Waals surface area contributed by atoms with Gasteiger partial charge in [0.25, 0.3) is 5.56 Å². The molecule has 1 saturated heterocycles. The van der Waals surface area contributed by atoms with Crippen molar-refractivity contribution in [3.05, 3.63) is 81.9 Å².